The van der Waals surface area contributed by atoms with Gasteiger partial charge in [0.1, 0.15) is 5.78 Å². The maximum atomic E-state index is 12.2. The van der Waals surface area contributed by atoms with Crippen molar-refractivity contribution in [2.75, 3.05) is 59.0 Å². The molecule has 2 fully saturated rings. The van der Waals surface area contributed by atoms with Crippen LogP contribution >= 0.6 is 0 Å². The largest absolute Gasteiger partial charge is 0.381 e. The average Bonchev–Trinajstić information content (AvgIpc) is 2.91. The molecule has 0 spiro atoms. The Hall–Kier alpha value is -0.980. The minimum atomic E-state index is 0.198. The number of nitrogens with one attached hydrogen (secondary N) is 1. The smallest absolute Gasteiger partial charge is 0.221 e. The number of piperidine rings is 2. The summed E-state index contributed by atoms with van der Waals surface area (Å²) in [6, 6.07) is 0. The van der Waals surface area contributed by atoms with E-state index in [1.54, 1.807) is 0 Å². The van der Waals surface area contributed by atoms with Crippen LogP contribution in [0.25, 0.3) is 0 Å². The second-order valence-corrected chi connectivity index (χ2v) is 11.3. The summed E-state index contributed by atoms with van der Waals surface area (Å²) in [5.74, 6) is 2.36. The van der Waals surface area contributed by atoms with Gasteiger partial charge in [-0.15, -0.1) is 0 Å². The van der Waals surface area contributed by atoms with Crippen molar-refractivity contribution < 1.29 is 14.3 Å². The molecule has 0 aromatic carbocycles. The molecule has 1 amide bonds. The molecule has 2 saturated heterocycles. The standard InChI is InChI=1S/C30H57N3O3/c1-3-5-7-25-36-26-8-6-18-31-30(35)17-24-33-21-14-28(15-22-33)11-9-10-27-12-19-32(20-13-27)23-16-29(34)4-2/h27-28H,3-26H2,1-2H3,(H,31,35). The SMILES string of the molecule is CCCCCOCCCCNC(=O)CCN1CCC(CCCC2CCN(CCC(=O)CC)CC2)CC1. The van der Waals surface area contributed by atoms with Crippen LogP contribution in [0.5, 0.6) is 0 Å². The van der Waals surface area contributed by atoms with Crippen LogP contribution in [0.4, 0.5) is 0 Å². The van der Waals surface area contributed by atoms with Crippen LogP contribution in [-0.4, -0.2) is 80.5 Å². The van der Waals surface area contributed by atoms with Crippen molar-refractivity contribution in [3.05, 3.63) is 0 Å². The lowest BCUT2D eigenvalue weighted by atomic mass is 9.87. The van der Waals surface area contributed by atoms with Gasteiger partial charge in [0.15, 0.2) is 0 Å². The number of carbonyl (C=O) groups is 2. The first-order chi connectivity index (χ1) is 17.6. The first kappa shape index (κ1) is 31.2. The van der Waals surface area contributed by atoms with E-state index in [4.69, 9.17) is 4.74 Å². The molecule has 0 aromatic heterocycles. The van der Waals surface area contributed by atoms with E-state index >= 15 is 0 Å². The molecule has 0 radical (unpaired) electrons. The number of likely N-dealkylation sites (tertiary alicyclic amines) is 2. The van der Waals surface area contributed by atoms with E-state index in [9.17, 15) is 9.59 Å². The lowest BCUT2D eigenvalue weighted by Crippen LogP contribution is -2.37. The number of hydrogen-bond acceptors (Lipinski definition) is 5. The number of nitrogens with zero attached hydrogens (tertiary/aromatic N) is 2. The minimum Gasteiger partial charge on any atom is -0.381 e. The molecule has 2 heterocycles. The number of Topliss-reactive ketones (excluding diaryl/α,β-unsaturated/α-hetero) is 1. The minimum absolute atomic E-state index is 0.198. The Morgan fingerprint density at radius 1 is 0.750 bits per heavy atom. The van der Waals surface area contributed by atoms with Gasteiger partial charge in [-0.1, -0.05) is 46.0 Å². The number of rotatable bonds is 20. The fraction of sp³-hybridized carbons (Fsp3) is 0.933. The Kier molecular flexibility index (Phi) is 17.4. The molecule has 0 aromatic rings. The van der Waals surface area contributed by atoms with Crippen molar-refractivity contribution >= 4 is 11.7 Å². The molecule has 36 heavy (non-hydrogen) atoms. The number of carbonyl (C=O) groups excluding carboxylic acids is 2. The monoisotopic (exact) mass is 507 g/mol. The van der Waals surface area contributed by atoms with E-state index in [1.165, 1.54) is 70.9 Å². The maximum Gasteiger partial charge on any atom is 0.221 e. The summed E-state index contributed by atoms with van der Waals surface area (Å²) >= 11 is 0. The van der Waals surface area contributed by atoms with Crippen molar-refractivity contribution in [2.45, 2.75) is 110 Å². The highest BCUT2D eigenvalue weighted by Crippen LogP contribution is 2.27. The van der Waals surface area contributed by atoms with Crippen LogP contribution in [0.3, 0.4) is 0 Å². The van der Waals surface area contributed by atoms with Crippen molar-refractivity contribution in [2.24, 2.45) is 11.8 Å². The van der Waals surface area contributed by atoms with Crippen LogP contribution in [0.1, 0.15) is 110 Å². The van der Waals surface area contributed by atoms with Crippen LogP contribution in [0, 0.1) is 11.8 Å². The van der Waals surface area contributed by atoms with Gasteiger partial charge in [0.2, 0.25) is 5.91 Å². The molecular weight excluding hydrogens is 450 g/mol. The fourth-order valence-corrected chi connectivity index (χ4v) is 5.61. The van der Waals surface area contributed by atoms with Gasteiger partial charge in [-0.3, -0.25) is 9.59 Å². The van der Waals surface area contributed by atoms with Gasteiger partial charge in [0, 0.05) is 52.1 Å². The number of unbranched alkanes of at least 4 members (excludes halogenated alkanes) is 3. The third-order valence-corrected chi connectivity index (χ3v) is 8.33. The van der Waals surface area contributed by atoms with Crippen molar-refractivity contribution in [3.63, 3.8) is 0 Å². The number of hydrogen-bond donors (Lipinski definition) is 1. The first-order valence-electron chi connectivity index (χ1n) is 15.4. The Balaban J connectivity index is 1.40. The Morgan fingerprint density at radius 2 is 1.31 bits per heavy atom. The van der Waals surface area contributed by atoms with Crippen LogP contribution in [-0.2, 0) is 14.3 Å². The number of ether oxygens (including phenoxy) is 1. The zero-order chi connectivity index (χ0) is 25.8. The highest BCUT2D eigenvalue weighted by atomic mass is 16.5. The normalized spacial score (nSPS) is 18.5. The molecule has 0 unspecified atom stereocenters. The van der Waals surface area contributed by atoms with Crippen molar-refractivity contribution in [1.29, 1.82) is 0 Å². The van der Waals surface area contributed by atoms with Gasteiger partial charge in [-0.05, 0) is 83.0 Å². The highest BCUT2D eigenvalue weighted by molar-refractivity contribution is 5.78. The quantitative estimate of drug-likeness (QED) is 0.222. The lowest BCUT2D eigenvalue weighted by molar-refractivity contribution is -0.121. The molecule has 1 N–H and O–H groups in total. The first-order valence-corrected chi connectivity index (χ1v) is 15.4. The summed E-state index contributed by atoms with van der Waals surface area (Å²) in [4.78, 5) is 28.7. The summed E-state index contributed by atoms with van der Waals surface area (Å²) in [7, 11) is 0. The number of amides is 1. The molecule has 6 heteroatoms. The van der Waals surface area contributed by atoms with Gasteiger partial charge in [0.25, 0.3) is 0 Å². The molecule has 2 aliphatic heterocycles. The van der Waals surface area contributed by atoms with Gasteiger partial charge < -0.3 is 19.9 Å². The second-order valence-electron chi connectivity index (χ2n) is 11.3. The molecule has 210 valence electrons. The van der Waals surface area contributed by atoms with Crippen LogP contribution in [0.2, 0.25) is 0 Å². The Bertz CT molecular complexity index is 570. The summed E-state index contributed by atoms with van der Waals surface area (Å²) in [6.45, 7) is 13.2. The summed E-state index contributed by atoms with van der Waals surface area (Å²) in [5, 5.41) is 3.08. The molecule has 0 saturated carbocycles. The molecular formula is C30H57N3O3. The van der Waals surface area contributed by atoms with Crippen LogP contribution < -0.4 is 5.32 Å². The Morgan fingerprint density at radius 3 is 1.86 bits per heavy atom. The van der Waals surface area contributed by atoms with Gasteiger partial charge >= 0.3 is 0 Å². The Labute approximate surface area is 222 Å². The number of ketones is 1. The zero-order valence-electron chi connectivity index (χ0n) is 23.7. The second kappa shape index (κ2) is 20.0. The van der Waals surface area contributed by atoms with Gasteiger partial charge in [-0.25, -0.2) is 0 Å². The van der Waals surface area contributed by atoms with E-state index < -0.39 is 0 Å². The van der Waals surface area contributed by atoms with Gasteiger partial charge in [-0.2, -0.15) is 0 Å². The highest BCUT2D eigenvalue weighted by Gasteiger charge is 2.22. The maximum absolute atomic E-state index is 12.2. The van der Waals surface area contributed by atoms with E-state index in [0.29, 0.717) is 18.6 Å². The predicted molar refractivity (Wildman–Crippen MR) is 149 cm³/mol. The summed E-state index contributed by atoms with van der Waals surface area (Å²) in [5.41, 5.74) is 0. The molecule has 2 aliphatic rings. The summed E-state index contributed by atoms with van der Waals surface area (Å²) in [6.07, 6.45) is 17.1. The predicted octanol–water partition coefficient (Wildman–Crippen LogP) is 5.44. The third-order valence-electron chi connectivity index (χ3n) is 8.33. The fourth-order valence-electron chi connectivity index (χ4n) is 5.61. The average molecular weight is 508 g/mol. The van der Waals surface area contributed by atoms with Crippen molar-refractivity contribution in [3.8, 4) is 0 Å². The molecule has 6 nitrogen and oxygen atoms in total. The topological polar surface area (TPSA) is 61.9 Å². The molecule has 0 aliphatic carbocycles. The summed E-state index contributed by atoms with van der Waals surface area (Å²) < 4.78 is 5.62. The van der Waals surface area contributed by atoms with E-state index in [2.05, 4.69) is 22.0 Å². The molecule has 0 bridgehead atoms. The van der Waals surface area contributed by atoms with Gasteiger partial charge in [0.05, 0.1) is 0 Å². The lowest BCUT2D eigenvalue weighted by Gasteiger charge is -2.33. The van der Waals surface area contributed by atoms with E-state index in [1.807, 2.05) is 6.92 Å². The van der Waals surface area contributed by atoms with Crippen LogP contribution in [0.15, 0.2) is 0 Å². The van der Waals surface area contributed by atoms with E-state index in [-0.39, 0.29) is 5.91 Å². The molecule has 0 atom stereocenters. The van der Waals surface area contributed by atoms with E-state index in [0.717, 1.165) is 83.5 Å². The van der Waals surface area contributed by atoms with Crippen molar-refractivity contribution in [1.82, 2.24) is 15.1 Å². The molecule has 2 rings (SSSR count). The zero-order valence-corrected chi connectivity index (χ0v) is 23.7. The third kappa shape index (κ3) is 14.7.